The van der Waals surface area contributed by atoms with E-state index in [0.29, 0.717) is 51.5 Å². The molecule has 2 aromatic rings. The van der Waals surface area contributed by atoms with E-state index in [1.807, 2.05) is 24.3 Å². The fraction of sp³-hybridized carbons (Fsp3) is 0.529. The van der Waals surface area contributed by atoms with Crippen LogP contribution in [0, 0.1) is 9.49 Å². The molecule has 0 aromatic heterocycles. The fourth-order valence-corrected chi connectivity index (χ4v) is 7.01. The van der Waals surface area contributed by atoms with Gasteiger partial charge >= 0.3 is 0 Å². The summed E-state index contributed by atoms with van der Waals surface area (Å²) in [5.74, 6) is 1.53. The third-order valence-electron chi connectivity index (χ3n) is 8.68. The van der Waals surface area contributed by atoms with Crippen LogP contribution in [0.1, 0.15) is 56.1 Å². The molecule has 246 valence electrons. The van der Waals surface area contributed by atoms with Gasteiger partial charge in [0, 0.05) is 31.5 Å². The predicted molar refractivity (Wildman–Crippen MR) is 178 cm³/mol. The van der Waals surface area contributed by atoms with E-state index in [1.54, 1.807) is 30.2 Å². The van der Waals surface area contributed by atoms with Crippen LogP contribution in [0.15, 0.2) is 48.0 Å². The lowest BCUT2D eigenvalue weighted by Gasteiger charge is -2.41. The van der Waals surface area contributed by atoms with Crippen LogP contribution in [-0.2, 0) is 22.6 Å². The van der Waals surface area contributed by atoms with E-state index < -0.39 is 24.2 Å². The average Bonchev–Trinajstić information content (AvgIpc) is 3.58. The zero-order valence-corrected chi connectivity index (χ0v) is 28.2. The van der Waals surface area contributed by atoms with Gasteiger partial charge in [-0.15, -0.1) is 0 Å². The van der Waals surface area contributed by atoms with Crippen molar-refractivity contribution in [2.45, 2.75) is 76.2 Å². The standard InChI is InChI=1S/C34H45IN2O8/c1-43-26-9-5-8-23(16-26)12-14-37(31(40)11-10-22-6-3-4-7-22)28-19-25(34(42)36-13-15-38)20-29(32(28)41)45-33-27(35)17-24(21-39)18-30(33)44-2/h5,8-9,16-18,20,22,28-29,32,38-39,41H,3-4,6-7,10-15,19,21H2,1-2H3,(H,36,42)/t28-,29+,32+/m1/s1. The Morgan fingerprint density at radius 1 is 1.07 bits per heavy atom. The van der Waals surface area contributed by atoms with Crippen LogP contribution in [0.4, 0.5) is 0 Å². The van der Waals surface area contributed by atoms with Gasteiger partial charge in [0.15, 0.2) is 11.5 Å². The molecule has 2 amide bonds. The first-order valence-corrected chi connectivity index (χ1v) is 16.7. The first-order valence-electron chi connectivity index (χ1n) is 15.6. The number of benzene rings is 2. The van der Waals surface area contributed by atoms with E-state index in [1.165, 1.54) is 20.0 Å². The molecular formula is C34H45IN2O8. The smallest absolute Gasteiger partial charge is 0.247 e. The van der Waals surface area contributed by atoms with Crippen molar-refractivity contribution in [3.8, 4) is 17.2 Å². The van der Waals surface area contributed by atoms with Gasteiger partial charge in [0.2, 0.25) is 11.8 Å². The van der Waals surface area contributed by atoms with Gasteiger partial charge in [-0.25, -0.2) is 0 Å². The molecule has 1 saturated carbocycles. The molecule has 2 aliphatic rings. The number of hydrogen-bond acceptors (Lipinski definition) is 8. The quantitative estimate of drug-likeness (QED) is 0.203. The maximum atomic E-state index is 14.0. The van der Waals surface area contributed by atoms with E-state index in [9.17, 15) is 24.9 Å². The number of rotatable bonds is 15. The second-order valence-corrected chi connectivity index (χ2v) is 12.8. The first-order chi connectivity index (χ1) is 21.8. The van der Waals surface area contributed by atoms with E-state index in [2.05, 4.69) is 27.9 Å². The molecule has 0 spiro atoms. The van der Waals surface area contributed by atoms with Crippen molar-refractivity contribution in [3.05, 3.63) is 62.7 Å². The number of nitrogens with zero attached hydrogens (tertiary/aromatic N) is 1. The third kappa shape index (κ3) is 9.34. The highest BCUT2D eigenvalue weighted by atomic mass is 127. The van der Waals surface area contributed by atoms with Gasteiger partial charge in [0.1, 0.15) is 18.0 Å². The summed E-state index contributed by atoms with van der Waals surface area (Å²) >= 11 is 2.08. The number of methoxy groups -OCH3 is 2. The molecule has 11 heteroatoms. The molecule has 3 atom stereocenters. The number of aliphatic hydroxyl groups is 3. The summed E-state index contributed by atoms with van der Waals surface area (Å²) < 4.78 is 18.0. The Hall–Kier alpha value is -2.87. The molecular weight excluding hydrogens is 691 g/mol. The number of aliphatic hydroxyl groups excluding tert-OH is 3. The van der Waals surface area contributed by atoms with E-state index in [-0.39, 0.29) is 32.1 Å². The molecule has 0 saturated heterocycles. The number of carbonyl (C=O) groups is 2. The molecule has 1 fully saturated rings. The monoisotopic (exact) mass is 736 g/mol. The maximum Gasteiger partial charge on any atom is 0.247 e. The van der Waals surface area contributed by atoms with Crippen molar-refractivity contribution in [2.24, 2.45) is 5.92 Å². The van der Waals surface area contributed by atoms with Crippen molar-refractivity contribution in [1.82, 2.24) is 10.2 Å². The van der Waals surface area contributed by atoms with Crippen LogP contribution in [0.5, 0.6) is 17.2 Å². The lowest BCUT2D eigenvalue weighted by molar-refractivity contribution is -0.138. The molecule has 0 aliphatic heterocycles. The molecule has 0 heterocycles. The zero-order valence-electron chi connectivity index (χ0n) is 26.0. The largest absolute Gasteiger partial charge is 0.497 e. The lowest BCUT2D eigenvalue weighted by Crippen LogP contribution is -2.55. The fourth-order valence-electron chi connectivity index (χ4n) is 6.22. The van der Waals surface area contributed by atoms with Crippen molar-refractivity contribution in [1.29, 1.82) is 0 Å². The maximum absolute atomic E-state index is 14.0. The summed E-state index contributed by atoms with van der Waals surface area (Å²) in [6, 6.07) is 10.4. The average molecular weight is 737 g/mol. The summed E-state index contributed by atoms with van der Waals surface area (Å²) in [5, 5.41) is 33.6. The van der Waals surface area contributed by atoms with Gasteiger partial charge in [-0.2, -0.15) is 0 Å². The summed E-state index contributed by atoms with van der Waals surface area (Å²) in [6.45, 7) is 0.0107. The number of halogens is 1. The zero-order chi connectivity index (χ0) is 32.3. The summed E-state index contributed by atoms with van der Waals surface area (Å²) in [6.07, 6.45) is 5.92. The van der Waals surface area contributed by atoms with Crippen LogP contribution in [0.3, 0.4) is 0 Å². The molecule has 2 aliphatic carbocycles. The number of hydrogen-bond donors (Lipinski definition) is 4. The molecule has 2 aromatic carbocycles. The Morgan fingerprint density at radius 2 is 1.84 bits per heavy atom. The lowest BCUT2D eigenvalue weighted by atomic mass is 9.87. The minimum atomic E-state index is -1.15. The number of nitrogens with one attached hydrogen (secondary N) is 1. The van der Waals surface area contributed by atoms with Crippen LogP contribution in [0.2, 0.25) is 0 Å². The van der Waals surface area contributed by atoms with Gasteiger partial charge in [-0.3, -0.25) is 9.59 Å². The van der Waals surface area contributed by atoms with Crippen LogP contribution >= 0.6 is 22.6 Å². The van der Waals surface area contributed by atoms with Crippen LogP contribution in [-0.4, -0.2) is 84.2 Å². The summed E-state index contributed by atoms with van der Waals surface area (Å²) in [7, 11) is 3.10. The number of carbonyl (C=O) groups excluding carboxylic acids is 2. The van der Waals surface area contributed by atoms with E-state index in [0.717, 1.165) is 30.6 Å². The summed E-state index contributed by atoms with van der Waals surface area (Å²) in [4.78, 5) is 28.9. The van der Waals surface area contributed by atoms with Gasteiger partial charge in [-0.1, -0.05) is 37.8 Å². The Bertz CT molecular complexity index is 1330. The third-order valence-corrected chi connectivity index (χ3v) is 9.48. The molecule has 0 radical (unpaired) electrons. The van der Waals surface area contributed by atoms with Crippen molar-refractivity contribution in [3.63, 3.8) is 0 Å². The normalized spacial score (nSPS) is 20.0. The van der Waals surface area contributed by atoms with Crippen molar-refractivity contribution < 1.29 is 39.1 Å². The van der Waals surface area contributed by atoms with E-state index >= 15 is 0 Å². The van der Waals surface area contributed by atoms with Crippen molar-refractivity contribution >= 4 is 34.4 Å². The van der Waals surface area contributed by atoms with Gasteiger partial charge in [-0.05, 0) is 82.8 Å². The Labute approximate surface area is 278 Å². The Balaban J connectivity index is 1.66. The molecule has 4 rings (SSSR count). The minimum Gasteiger partial charge on any atom is -0.497 e. The number of ether oxygens (including phenoxy) is 3. The highest BCUT2D eigenvalue weighted by Crippen LogP contribution is 2.37. The summed E-state index contributed by atoms with van der Waals surface area (Å²) in [5.41, 5.74) is 1.99. The second-order valence-electron chi connectivity index (χ2n) is 11.7. The van der Waals surface area contributed by atoms with Gasteiger partial charge in [0.25, 0.3) is 0 Å². The molecule has 4 N–H and O–H groups in total. The van der Waals surface area contributed by atoms with E-state index in [4.69, 9.17) is 14.2 Å². The van der Waals surface area contributed by atoms with Gasteiger partial charge < -0.3 is 39.7 Å². The van der Waals surface area contributed by atoms with Crippen molar-refractivity contribution in [2.75, 3.05) is 33.9 Å². The minimum absolute atomic E-state index is 0.0657. The van der Waals surface area contributed by atoms with Crippen LogP contribution in [0.25, 0.3) is 0 Å². The van der Waals surface area contributed by atoms with Gasteiger partial charge in [0.05, 0.1) is 37.0 Å². The Morgan fingerprint density at radius 3 is 2.53 bits per heavy atom. The second kappa shape index (κ2) is 17.2. The molecule has 0 unspecified atom stereocenters. The Kier molecular flexibility index (Phi) is 13.3. The topological polar surface area (TPSA) is 138 Å². The predicted octanol–water partition coefficient (Wildman–Crippen LogP) is 3.76. The molecule has 45 heavy (non-hydrogen) atoms. The highest BCUT2D eigenvalue weighted by Gasteiger charge is 2.41. The number of amides is 2. The molecule has 0 bridgehead atoms. The SMILES string of the molecule is COc1cccc(CCN(C(=O)CCC2CCCC2)[C@@H]2CC(C(=O)NCCO)=C[C@H](Oc3c(I)cc(CO)cc3OC)[C@H]2O)c1. The first kappa shape index (κ1) is 35.0. The highest BCUT2D eigenvalue weighted by molar-refractivity contribution is 14.1. The molecule has 10 nitrogen and oxygen atoms in total. The van der Waals surface area contributed by atoms with Crippen LogP contribution < -0.4 is 19.5 Å².